The molecule has 29 heavy (non-hydrogen) atoms. The lowest BCUT2D eigenvalue weighted by molar-refractivity contribution is -0.121. The van der Waals surface area contributed by atoms with E-state index < -0.39 is 0 Å². The minimum atomic E-state index is -0.165. The fourth-order valence-corrected chi connectivity index (χ4v) is 3.77. The van der Waals surface area contributed by atoms with Gasteiger partial charge >= 0.3 is 0 Å². The van der Waals surface area contributed by atoms with Gasteiger partial charge in [-0.2, -0.15) is 5.10 Å². The van der Waals surface area contributed by atoms with Crippen LogP contribution in [0.4, 0.5) is 5.69 Å². The van der Waals surface area contributed by atoms with Crippen molar-refractivity contribution in [3.63, 3.8) is 0 Å². The lowest BCUT2D eigenvalue weighted by Crippen LogP contribution is -2.52. The lowest BCUT2D eigenvalue weighted by atomic mass is 10.1. The molecular formula is C22H33N5O2. The zero-order valence-corrected chi connectivity index (χ0v) is 18.2. The summed E-state index contributed by atoms with van der Waals surface area (Å²) in [5, 5.41) is 7.45. The number of carbonyl (C=O) groups is 1. The summed E-state index contributed by atoms with van der Waals surface area (Å²) in [6, 6.07) is 8.16. The van der Waals surface area contributed by atoms with Gasteiger partial charge in [0.15, 0.2) is 0 Å². The molecule has 0 radical (unpaired) electrons. The number of piperazine rings is 1. The Morgan fingerprint density at radius 3 is 2.38 bits per heavy atom. The third-order valence-electron chi connectivity index (χ3n) is 5.73. The van der Waals surface area contributed by atoms with Crippen molar-refractivity contribution in [1.82, 2.24) is 19.6 Å². The number of carbonyl (C=O) groups excluding carboxylic acids is 1. The van der Waals surface area contributed by atoms with Gasteiger partial charge in [-0.3, -0.25) is 19.3 Å². The Hall–Kier alpha value is -2.38. The summed E-state index contributed by atoms with van der Waals surface area (Å²) in [6.45, 7) is 13.2. The number of ether oxygens (including phenoxy) is 1. The van der Waals surface area contributed by atoms with Crippen LogP contribution >= 0.6 is 0 Å². The van der Waals surface area contributed by atoms with Gasteiger partial charge in [-0.25, -0.2) is 0 Å². The van der Waals surface area contributed by atoms with Crippen molar-refractivity contribution < 1.29 is 9.53 Å². The van der Waals surface area contributed by atoms with Crippen molar-refractivity contribution in [3.05, 3.63) is 41.2 Å². The van der Waals surface area contributed by atoms with Gasteiger partial charge in [0.1, 0.15) is 5.75 Å². The number of amides is 1. The molecule has 1 aliphatic heterocycles. The Kier molecular flexibility index (Phi) is 6.92. The number of nitrogens with one attached hydrogen (secondary N) is 1. The van der Waals surface area contributed by atoms with Crippen LogP contribution in [0.5, 0.6) is 5.75 Å². The summed E-state index contributed by atoms with van der Waals surface area (Å²) in [5.41, 5.74) is 3.95. The number of aryl methyl sites for hydroxylation is 2. The smallest absolute Gasteiger partial charge is 0.241 e. The fourth-order valence-electron chi connectivity index (χ4n) is 3.77. The molecule has 0 unspecified atom stereocenters. The Morgan fingerprint density at radius 2 is 1.83 bits per heavy atom. The molecule has 0 spiro atoms. The third-order valence-corrected chi connectivity index (χ3v) is 5.73. The first-order valence-electron chi connectivity index (χ1n) is 10.4. The van der Waals surface area contributed by atoms with E-state index in [-0.39, 0.29) is 11.9 Å². The second-order valence-electron chi connectivity index (χ2n) is 7.72. The first-order chi connectivity index (χ1) is 13.9. The van der Waals surface area contributed by atoms with Crippen LogP contribution in [0.1, 0.15) is 30.8 Å². The summed E-state index contributed by atoms with van der Waals surface area (Å²) >= 11 is 0. The van der Waals surface area contributed by atoms with Crippen LogP contribution in [0.15, 0.2) is 24.3 Å². The van der Waals surface area contributed by atoms with Crippen molar-refractivity contribution in [2.24, 2.45) is 7.05 Å². The standard InChI is InChI=1S/C22H33N5O2/c1-6-29-20-9-7-19(8-10-20)15-26-11-13-27(14-12-26)18(4)22(28)23-21-16(2)24-25(5)17(21)3/h7-10,18H,6,11-15H2,1-5H3,(H,23,28)/t18-/m1/s1. The normalized spacial score (nSPS) is 16.6. The van der Waals surface area contributed by atoms with E-state index in [9.17, 15) is 4.79 Å². The van der Waals surface area contributed by atoms with Gasteiger partial charge in [-0.15, -0.1) is 0 Å². The minimum absolute atomic E-state index is 0.0316. The molecule has 7 heteroatoms. The first kappa shape index (κ1) is 21.3. The SMILES string of the molecule is CCOc1ccc(CN2CCN([C@H](C)C(=O)Nc3c(C)nn(C)c3C)CC2)cc1. The van der Waals surface area contributed by atoms with Gasteiger partial charge in [-0.1, -0.05) is 12.1 Å². The quantitative estimate of drug-likeness (QED) is 0.775. The number of benzene rings is 1. The molecule has 7 nitrogen and oxygen atoms in total. The molecule has 2 heterocycles. The molecule has 1 aliphatic rings. The average molecular weight is 400 g/mol. The molecule has 1 atom stereocenters. The van der Waals surface area contributed by atoms with Gasteiger partial charge in [0.05, 0.1) is 29.7 Å². The molecular weight excluding hydrogens is 366 g/mol. The van der Waals surface area contributed by atoms with Crippen LogP contribution in [0.2, 0.25) is 0 Å². The van der Waals surface area contributed by atoms with E-state index >= 15 is 0 Å². The number of hydrogen-bond donors (Lipinski definition) is 1. The molecule has 1 saturated heterocycles. The average Bonchev–Trinajstić information content (AvgIpc) is 2.95. The van der Waals surface area contributed by atoms with Crippen LogP contribution in [-0.4, -0.2) is 64.3 Å². The van der Waals surface area contributed by atoms with Gasteiger partial charge < -0.3 is 10.1 Å². The largest absolute Gasteiger partial charge is 0.494 e. The van der Waals surface area contributed by atoms with E-state index in [4.69, 9.17) is 4.74 Å². The second-order valence-corrected chi connectivity index (χ2v) is 7.72. The highest BCUT2D eigenvalue weighted by atomic mass is 16.5. The third kappa shape index (κ3) is 5.16. The number of nitrogens with zero attached hydrogens (tertiary/aromatic N) is 4. The van der Waals surface area contributed by atoms with Crippen LogP contribution < -0.4 is 10.1 Å². The molecule has 0 saturated carbocycles. The number of anilines is 1. The highest BCUT2D eigenvalue weighted by molar-refractivity contribution is 5.95. The van der Waals surface area contributed by atoms with Gasteiger partial charge in [0, 0.05) is 39.8 Å². The van der Waals surface area contributed by atoms with E-state index in [0.29, 0.717) is 6.61 Å². The summed E-state index contributed by atoms with van der Waals surface area (Å²) in [5.74, 6) is 0.948. The maximum absolute atomic E-state index is 12.8. The maximum atomic E-state index is 12.8. The second kappa shape index (κ2) is 9.41. The highest BCUT2D eigenvalue weighted by Gasteiger charge is 2.26. The lowest BCUT2D eigenvalue weighted by Gasteiger charge is -2.37. The maximum Gasteiger partial charge on any atom is 0.241 e. The number of aromatic nitrogens is 2. The Bertz CT molecular complexity index is 822. The van der Waals surface area contributed by atoms with E-state index in [1.54, 1.807) is 4.68 Å². The van der Waals surface area contributed by atoms with Crippen LogP contribution in [0, 0.1) is 13.8 Å². The molecule has 0 aliphatic carbocycles. The number of rotatable bonds is 7. The molecule has 1 aromatic carbocycles. The van der Waals surface area contributed by atoms with Crippen LogP contribution in [0.25, 0.3) is 0 Å². The molecule has 1 aromatic heterocycles. The van der Waals surface area contributed by atoms with Crippen molar-refractivity contribution in [2.75, 3.05) is 38.1 Å². The van der Waals surface area contributed by atoms with Gasteiger partial charge in [0.25, 0.3) is 0 Å². The summed E-state index contributed by atoms with van der Waals surface area (Å²) in [7, 11) is 1.89. The van der Waals surface area contributed by atoms with Crippen molar-refractivity contribution in [2.45, 2.75) is 40.3 Å². The molecule has 1 N–H and O–H groups in total. The predicted molar refractivity (Wildman–Crippen MR) is 115 cm³/mol. The van der Waals surface area contributed by atoms with Gasteiger partial charge in [-0.05, 0) is 45.4 Å². The van der Waals surface area contributed by atoms with Crippen molar-refractivity contribution in [1.29, 1.82) is 0 Å². The monoisotopic (exact) mass is 399 g/mol. The summed E-state index contributed by atoms with van der Waals surface area (Å²) < 4.78 is 7.31. The minimum Gasteiger partial charge on any atom is -0.494 e. The fraction of sp³-hybridized carbons (Fsp3) is 0.545. The van der Waals surface area contributed by atoms with Crippen molar-refractivity contribution >= 4 is 11.6 Å². The molecule has 1 amide bonds. The Balaban J connectivity index is 1.49. The first-order valence-corrected chi connectivity index (χ1v) is 10.4. The zero-order chi connectivity index (χ0) is 21.0. The molecule has 2 aromatic rings. The topological polar surface area (TPSA) is 62.6 Å². The van der Waals surface area contributed by atoms with E-state index in [1.807, 2.05) is 46.9 Å². The summed E-state index contributed by atoms with van der Waals surface area (Å²) in [6.07, 6.45) is 0. The van der Waals surface area contributed by atoms with Crippen molar-refractivity contribution in [3.8, 4) is 5.75 Å². The van der Waals surface area contributed by atoms with E-state index in [2.05, 4.69) is 32.3 Å². The summed E-state index contributed by atoms with van der Waals surface area (Å²) in [4.78, 5) is 17.5. The highest BCUT2D eigenvalue weighted by Crippen LogP contribution is 2.20. The Morgan fingerprint density at radius 1 is 1.17 bits per heavy atom. The van der Waals surface area contributed by atoms with E-state index in [0.717, 1.165) is 55.5 Å². The predicted octanol–water partition coefficient (Wildman–Crippen LogP) is 2.58. The molecule has 1 fully saturated rings. The zero-order valence-electron chi connectivity index (χ0n) is 18.2. The Labute approximate surface area is 173 Å². The molecule has 3 rings (SSSR count). The molecule has 158 valence electrons. The van der Waals surface area contributed by atoms with Crippen LogP contribution in [0.3, 0.4) is 0 Å². The van der Waals surface area contributed by atoms with E-state index in [1.165, 1.54) is 5.56 Å². The van der Waals surface area contributed by atoms with Gasteiger partial charge in [0.2, 0.25) is 5.91 Å². The number of hydrogen-bond acceptors (Lipinski definition) is 5. The molecule has 0 bridgehead atoms. The van der Waals surface area contributed by atoms with Crippen LogP contribution in [-0.2, 0) is 18.4 Å².